The van der Waals surface area contributed by atoms with Crippen molar-refractivity contribution in [2.24, 2.45) is 0 Å². The quantitative estimate of drug-likeness (QED) is 0.932. The normalized spacial score (nSPS) is 10.3. The summed E-state index contributed by atoms with van der Waals surface area (Å²) in [4.78, 5) is 12.5. The van der Waals surface area contributed by atoms with Crippen LogP contribution in [0.3, 0.4) is 0 Å². The highest BCUT2D eigenvalue weighted by molar-refractivity contribution is 5.87. The molecule has 0 bridgehead atoms. The SMILES string of the molecule is CN(Cc1ccc(C(=O)O)cc1F)c1ccc(F)cc1. The van der Waals surface area contributed by atoms with Crippen LogP contribution in [0, 0.1) is 11.6 Å². The monoisotopic (exact) mass is 277 g/mol. The van der Waals surface area contributed by atoms with Gasteiger partial charge in [-0.3, -0.25) is 0 Å². The number of benzene rings is 2. The van der Waals surface area contributed by atoms with Crippen LogP contribution < -0.4 is 4.90 Å². The maximum absolute atomic E-state index is 13.8. The zero-order valence-electron chi connectivity index (χ0n) is 10.8. The van der Waals surface area contributed by atoms with Crippen LogP contribution in [0.5, 0.6) is 0 Å². The Bertz CT molecular complexity index is 626. The lowest BCUT2D eigenvalue weighted by Crippen LogP contribution is -2.17. The van der Waals surface area contributed by atoms with Gasteiger partial charge in [-0.1, -0.05) is 6.07 Å². The Balaban J connectivity index is 2.17. The summed E-state index contributed by atoms with van der Waals surface area (Å²) in [6, 6.07) is 9.65. The third-order valence-corrected chi connectivity index (χ3v) is 2.97. The first-order chi connectivity index (χ1) is 9.47. The highest BCUT2D eigenvalue weighted by Gasteiger charge is 2.10. The Hall–Kier alpha value is -2.43. The molecule has 0 aromatic heterocycles. The Morgan fingerprint density at radius 1 is 1.15 bits per heavy atom. The summed E-state index contributed by atoms with van der Waals surface area (Å²) in [5.41, 5.74) is 1.03. The van der Waals surface area contributed by atoms with E-state index in [-0.39, 0.29) is 17.9 Å². The molecule has 104 valence electrons. The lowest BCUT2D eigenvalue weighted by Gasteiger charge is -2.19. The largest absolute Gasteiger partial charge is 0.478 e. The molecular formula is C15H13F2NO2. The van der Waals surface area contributed by atoms with Crippen LogP contribution in [0.1, 0.15) is 15.9 Å². The van der Waals surface area contributed by atoms with Crippen molar-refractivity contribution < 1.29 is 18.7 Å². The molecule has 0 atom stereocenters. The molecule has 0 fully saturated rings. The average molecular weight is 277 g/mol. The number of nitrogens with zero attached hydrogens (tertiary/aromatic N) is 1. The molecule has 0 spiro atoms. The second kappa shape index (κ2) is 5.69. The first-order valence-electron chi connectivity index (χ1n) is 5.96. The Morgan fingerprint density at radius 2 is 1.80 bits per heavy atom. The van der Waals surface area contributed by atoms with Crippen molar-refractivity contribution in [3.63, 3.8) is 0 Å². The van der Waals surface area contributed by atoms with Crippen molar-refractivity contribution in [2.75, 3.05) is 11.9 Å². The van der Waals surface area contributed by atoms with Crippen molar-refractivity contribution >= 4 is 11.7 Å². The van der Waals surface area contributed by atoms with Crippen molar-refractivity contribution in [2.45, 2.75) is 6.54 Å². The van der Waals surface area contributed by atoms with E-state index in [4.69, 9.17) is 5.11 Å². The molecule has 0 heterocycles. The molecular weight excluding hydrogens is 264 g/mol. The van der Waals surface area contributed by atoms with Gasteiger partial charge in [-0.15, -0.1) is 0 Å². The predicted molar refractivity (Wildman–Crippen MR) is 71.9 cm³/mol. The van der Waals surface area contributed by atoms with Gasteiger partial charge in [0, 0.05) is 24.8 Å². The number of carboxylic acids is 1. The summed E-state index contributed by atoms with van der Waals surface area (Å²) in [5, 5.41) is 8.77. The van der Waals surface area contributed by atoms with Crippen LogP contribution in [0.25, 0.3) is 0 Å². The minimum atomic E-state index is -1.16. The number of hydrogen-bond acceptors (Lipinski definition) is 2. The van der Waals surface area contributed by atoms with Crippen LogP contribution >= 0.6 is 0 Å². The molecule has 0 aliphatic heterocycles. The summed E-state index contributed by atoms with van der Waals surface area (Å²) < 4.78 is 26.6. The van der Waals surface area contributed by atoms with Gasteiger partial charge in [0.15, 0.2) is 0 Å². The third-order valence-electron chi connectivity index (χ3n) is 2.97. The zero-order chi connectivity index (χ0) is 14.7. The van der Waals surface area contributed by atoms with E-state index in [1.807, 2.05) is 0 Å². The molecule has 0 radical (unpaired) electrons. The van der Waals surface area contributed by atoms with E-state index in [1.165, 1.54) is 24.3 Å². The molecule has 0 amide bonds. The van der Waals surface area contributed by atoms with Gasteiger partial charge in [-0.2, -0.15) is 0 Å². The van der Waals surface area contributed by atoms with Crippen LogP contribution in [-0.4, -0.2) is 18.1 Å². The van der Waals surface area contributed by atoms with Crippen molar-refractivity contribution in [3.8, 4) is 0 Å². The summed E-state index contributed by atoms with van der Waals surface area (Å²) in [6.45, 7) is 0.261. The second-order valence-corrected chi connectivity index (χ2v) is 4.44. The number of aromatic carboxylic acids is 1. The van der Waals surface area contributed by atoms with Crippen LogP contribution in [-0.2, 0) is 6.54 Å². The van der Waals surface area contributed by atoms with Crippen molar-refractivity contribution in [1.82, 2.24) is 0 Å². The molecule has 2 rings (SSSR count). The van der Waals surface area contributed by atoms with E-state index in [1.54, 1.807) is 24.1 Å². The van der Waals surface area contributed by atoms with Gasteiger partial charge in [-0.05, 0) is 36.4 Å². The van der Waals surface area contributed by atoms with E-state index >= 15 is 0 Å². The molecule has 20 heavy (non-hydrogen) atoms. The van der Waals surface area contributed by atoms with Crippen LogP contribution in [0.15, 0.2) is 42.5 Å². The molecule has 3 nitrogen and oxygen atoms in total. The molecule has 0 unspecified atom stereocenters. The maximum Gasteiger partial charge on any atom is 0.335 e. The number of halogens is 2. The second-order valence-electron chi connectivity index (χ2n) is 4.44. The van der Waals surface area contributed by atoms with Crippen LogP contribution in [0.4, 0.5) is 14.5 Å². The van der Waals surface area contributed by atoms with E-state index < -0.39 is 11.8 Å². The van der Waals surface area contributed by atoms with Crippen molar-refractivity contribution in [1.29, 1.82) is 0 Å². The number of hydrogen-bond donors (Lipinski definition) is 1. The smallest absolute Gasteiger partial charge is 0.335 e. The first kappa shape index (κ1) is 14.0. The fraction of sp³-hybridized carbons (Fsp3) is 0.133. The predicted octanol–water partition coefficient (Wildman–Crippen LogP) is 3.30. The standard InChI is InChI=1S/C15H13F2NO2/c1-18(13-6-4-12(16)5-7-13)9-11-3-2-10(15(19)20)8-14(11)17/h2-8H,9H2,1H3,(H,19,20). The fourth-order valence-corrected chi connectivity index (χ4v) is 1.85. The first-order valence-corrected chi connectivity index (χ1v) is 5.96. The number of rotatable bonds is 4. The number of anilines is 1. The Kier molecular flexibility index (Phi) is 3.98. The molecule has 2 aromatic rings. The summed E-state index contributed by atoms with van der Waals surface area (Å²) in [7, 11) is 1.75. The zero-order valence-corrected chi connectivity index (χ0v) is 10.8. The molecule has 0 saturated carbocycles. The number of carboxylic acid groups (broad SMARTS) is 1. The van der Waals surface area contributed by atoms with Gasteiger partial charge in [0.25, 0.3) is 0 Å². The van der Waals surface area contributed by atoms with E-state index in [0.29, 0.717) is 5.56 Å². The Morgan fingerprint density at radius 3 is 2.35 bits per heavy atom. The van der Waals surface area contributed by atoms with Gasteiger partial charge in [0.05, 0.1) is 5.56 Å². The van der Waals surface area contributed by atoms with Gasteiger partial charge in [0.2, 0.25) is 0 Å². The summed E-state index contributed by atoms with van der Waals surface area (Å²) in [6.07, 6.45) is 0. The Labute approximate surface area is 115 Å². The van der Waals surface area contributed by atoms with Gasteiger partial charge < -0.3 is 10.0 Å². The van der Waals surface area contributed by atoms with Gasteiger partial charge in [-0.25, -0.2) is 13.6 Å². The summed E-state index contributed by atoms with van der Waals surface area (Å²) in [5.74, 6) is -2.07. The lowest BCUT2D eigenvalue weighted by atomic mass is 10.1. The van der Waals surface area contributed by atoms with E-state index in [9.17, 15) is 13.6 Å². The molecule has 0 saturated heterocycles. The van der Waals surface area contributed by atoms with Gasteiger partial charge >= 0.3 is 5.97 Å². The summed E-state index contributed by atoms with van der Waals surface area (Å²) >= 11 is 0. The third kappa shape index (κ3) is 3.12. The average Bonchev–Trinajstić information content (AvgIpc) is 2.41. The highest BCUT2D eigenvalue weighted by atomic mass is 19.1. The fourth-order valence-electron chi connectivity index (χ4n) is 1.85. The minimum Gasteiger partial charge on any atom is -0.478 e. The molecule has 0 aliphatic rings. The van der Waals surface area contributed by atoms with E-state index in [2.05, 4.69) is 0 Å². The highest BCUT2D eigenvalue weighted by Crippen LogP contribution is 2.18. The topological polar surface area (TPSA) is 40.5 Å². The molecule has 2 aromatic carbocycles. The molecule has 0 aliphatic carbocycles. The van der Waals surface area contributed by atoms with Crippen molar-refractivity contribution in [3.05, 3.63) is 65.2 Å². The van der Waals surface area contributed by atoms with Crippen LogP contribution in [0.2, 0.25) is 0 Å². The van der Waals surface area contributed by atoms with E-state index in [0.717, 1.165) is 11.8 Å². The minimum absolute atomic E-state index is 0.0873. The lowest BCUT2D eigenvalue weighted by molar-refractivity contribution is 0.0696. The molecule has 1 N–H and O–H groups in total. The maximum atomic E-state index is 13.8. The van der Waals surface area contributed by atoms with Gasteiger partial charge in [0.1, 0.15) is 11.6 Å². The number of carbonyl (C=O) groups is 1. The molecule has 5 heteroatoms.